The number of rotatable bonds is 5. The van der Waals surface area contributed by atoms with Crippen LogP contribution in [-0.2, 0) is 6.42 Å². The first-order valence-electron chi connectivity index (χ1n) is 6.64. The van der Waals surface area contributed by atoms with E-state index < -0.39 is 0 Å². The zero-order valence-corrected chi connectivity index (χ0v) is 13.4. The van der Waals surface area contributed by atoms with E-state index in [1.807, 2.05) is 0 Å². The number of methoxy groups -OCH3 is 1. The van der Waals surface area contributed by atoms with Crippen LogP contribution >= 0.6 is 15.9 Å². The van der Waals surface area contributed by atoms with Crippen LogP contribution in [0.2, 0.25) is 0 Å². The number of halogens is 1. The molecule has 0 heterocycles. The predicted octanol–water partition coefficient (Wildman–Crippen LogP) is 4.69. The van der Waals surface area contributed by atoms with Crippen LogP contribution in [0.1, 0.15) is 32.8 Å². The van der Waals surface area contributed by atoms with E-state index in [0.717, 1.165) is 23.4 Å². The van der Waals surface area contributed by atoms with Gasteiger partial charge in [0.2, 0.25) is 0 Å². The van der Waals surface area contributed by atoms with Crippen molar-refractivity contribution in [2.24, 2.45) is 16.7 Å². The number of hydrogen-bond donors (Lipinski definition) is 0. The molecule has 2 heteroatoms. The Kier molecular flexibility index (Phi) is 3.77. The van der Waals surface area contributed by atoms with Gasteiger partial charge in [-0.25, -0.2) is 0 Å². The van der Waals surface area contributed by atoms with Crippen molar-refractivity contribution >= 4 is 15.9 Å². The van der Waals surface area contributed by atoms with Crippen molar-refractivity contribution in [1.29, 1.82) is 0 Å². The lowest BCUT2D eigenvalue weighted by Gasteiger charge is -2.14. The minimum absolute atomic E-state index is 0.475. The van der Waals surface area contributed by atoms with Gasteiger partial charge in [-0.1, -0.05) is 48.8 Å². The van der Waals surface area contributed by atoms with E-state index in [9.17, 15) is 0 Å². The second-order valence-corrected chi connectivity index (χ2v) is 6.84. The zero-order valence-electron chi connectivity index (χ0n) is 11.8. The van der Waals surface area contributed by atoms with Crippen molar-refractivity contribution in [3.8, 4) is 5.75 Å². The van der Waals surface area contributed by atoms with Crippen LogP contribution in [0.5, 0.6) is 5.75 Å². The smallest absolute Gasteiger partial charge is 0.118 e. The van der Waals surface area contributed by atoms with Gasteiger partial charge in [-0.3, -0.25) is 0 Å². The van der Waals surface area contributed by atoms with Crippen LogP contribution in [0.3, 0.4) is 0 Å². The molecule has 18 heavy (non-hydrogen) atoms. The highest BCUT2D eigenvalue weighted by Gasteiger charge is 2.65. The van der Waals surface area contributed by atoms with Crippen molar-refractivity contribution in [1.82, 2.24) is 0 Å². The molecule has 2 unspecified atom stereocenters. The maximum atomic E-state index is 5.19. The lowest BCUT2D eigenvalue weighted by molar-refractivity contribution is 0.388. The lowest BCUT2D eigenvalue weighted by atomic mass is 9.91. The number of benzene rings is 1. The molecule has 0 amide bonds. The van der Waals surface area contributed by atoms with E-state index in [-0.39, 0.29) is 0 Å². The van der Waals surface area contributed by atoms with Gasteiger partial charge in [0.1, 0.15) is 5.75 Å². The normalized spacial score (nSPS) is 29.1. The molecular formula is C16H23BrO. The molecule has 0 N–H and O–H groups in total. The van der Waals surface area contributed by atoms with Crippen LogP contribution in [0.15, 0.2) is 24.3 Å². The van der Waals surface area contributed by atoms with Gasteiger partial charge in [0.15, 0.2) is 0 Å². The highest BCUT2D eigenvalue weighted by atomic mass is 79.9. The van der Waals surface area contributed by atoms with E-state index in [2.05, 4.69) is 61.0 Å². The molecule has 1 saturated carbocycles. The largest absolute Gasteiger partial charge is 0.497 e. The number of hydrogen-bond acceptors (Lipinski definition) is 1. The first-order valence-corrected chi connectivity index (χ1v) is 7.77. The van der Waals surface area contributed by atoms with Gasteiger partial charge in [0, 0.05) is 5.33 Å². The molecule has 1 nitrogen and oxygen atoms in total. The first kappa shape index (κ1) is 13.9. The van der Waals surface area contributed by atoms with Crippen LogP contribution in [0.4, 0.5) is 0 Å². The molecule has 1 aliphatic carbocycles. The third-order valence-corrected chi connectivity index (χ3v) is 5.92. The van der Waals surface area contributed by atoms with Crippen LogP contribution < -0.4 is 4.74 Å². The fraction of sp³-hybridized carbons (Fsp3) is 0.625. The summed E-state index contributed by atoms with van der Waals surface area (Å²) >= 11 is 3.66. The fourth-order valence-corrected chi connectivity index (χ4v) is 4.78. The molecular weight excluding hydrogens is 288 g/mol. The van der Waals surface area contributed by atoms with Crippen LogP contribution in [0, 0.1) is 16.7 Å². The van der Waals surface area contributed by atoms with E-state index >= 15 is 0 Å². The standard InChI is InChI=1S/C16H23BrO/c1-15(2)14(11-17)16(15,3)10-9-12-5-7-13(18-4)8-6-12/h5-8,14H,9-11H2,1-4H3. The molecule has 1 aromatic rings. The van der Waals surface area contributed by atoms with Gasteiger partial charge in [-0.05, 0) is 47.3 Å². The summed E-state index contributed by atoms with van der Waals surface area (Å²) in [7, 11) is 1.71. The average molecular weight is 311 g/mol. The highest BCUT2D eigenvalue weighted by Crippen LogP contribution is 2.71. The van der Waals surface area contributed by atoms with Gasteiger partial charge in [0.05, 0.1) is 7.11 Å². The third-order valence-electron chi connectivity index (χ3n) is 5.28. The molecule has 1 aliphatic rings. The van der Waals surface area contributed by atoms with E-state index in [4.69, 9.17) is 4.74 Å². The summed E-state index contributed by atoms with van der Waals surface area (Å²) in [6, 6.07) is 8.47. The Bertz CT molecular complexity index is 410. The monoisotopic (exact) mass is 310 g/mol. The SMILES string of the molecule is COc1ccc(CCC2(C)C(CBr)C2(C)C)cc1. The maximum Gasteiger partial charge on any atom is 0.118 e. The van der Waals surface area contributed by atoms with Gasteiger partial charge >= 0.3 is 0 Å². The second-order valence-electron chi connectivity index (χ2n) is 6.19. The van der Waals surface area contributed by atoms with Gasteiger partial charge in [-0.2, -0.15) is 0 Å². The van der Waals surface area contributed by atoms with Crippen molar-refractivity contribution in [3.63, 3.8) is 0 Å². The lowest BCUT2D eigenvalue weighted by Crippen LogP contribution is -2.05. The molecule has 1 aromatic carbocycles. The van der Waals surface area contributed by atoms with Crippen LogP contribution in [-0.4, -0.2) is 12.4 Å². The summed E-state index contributed by atoms with van der Waals surface area (Å²) in [5, 5.41) is 1.12. The summed E-state index contributed by atoms with van der Waals surface area (Å²) in [4.78, 5) is 0. The molecule has 0 bridgehead atoms. The molecule has 1 fully saturated rings. The summed E-state index contributed by atoms with van der Waals surface area (Å²) < 4.78 is 5.19. The minimum Gasteiger partial charge on any atom is -0.497 e. The van der Waals surface area contributed by atoms with Gasteiger partial charge in [0.25, 0.3) is 0 Å². The summed E-state index contributed by atoms with van der Waals surface area (Å²) in [5.41, 5.74) is 2.37. The number of aryl methyl sites for hydroxylation is 1. The molecule has 0 saturated heterocycles. The molecule has 2 rings (SSSR count). The molecule has 0 spiro atoms. The van der Waals surface area contributed by atoms with Crippen molar-refractivity contribution in [3.05, 3.63) is 29.8 Å². The van der Waals surface area contributed by atoms with Crippen molar-refractivity contribution in [2.75, 3.05) is 12.4 Å². The minimum atomic E-state index is 0.475. The average Bonchev–Trinajstić information content (AvgIpc) is 2.80. The third kappa shape index (κ3) is 2.20. The molecule has 0 aliphatic heterocycles. The Morgan fingerprint density at radius 3 is 2.22 bits per heavy atom. The maximum absolute atomic E-state index is 5.19. The number of alkyl halides is 1. The summed E-state index contributed by atoms with van der Waals surface area (Å²) in [6.45, 7) is 7.22. The quantitative estimate of drug-likeness (QED) is 0.717. The Balaban J connectivity index is 1.96. The Hall–Kier alpha value is -0.500. The summed E-state index contributed by atoms with van der Waals surface area (Å²) in [6.07, 6.45) is 2.43. The van der Waals surface area contributed by atoms with E-state index in [1.54, 1.807) is 7.11 Å². The van der Waals surface area contributed by atoms with E-state index in [1.165, 1.54) is 12.0 Å². The topological polar surface area (TPSA) is 9.23 Å². The molecule has 2 atom stereocenters. The van der Waals surface area contributed by atoms with Crippen molar-refractivity contribution in [2.45, 2.75) is 33.6 Å². The predicted molar refractivity (Wildman–Crippen MR) is 80.5 cm³/mol. The van der Waals surface area contributed by atoms with E-state index in [0.29, 0.717) is 10.8 Å². The zero-order chi connectivity index (χ0) is 13.4. The Morgan fingerprint density at radius 2 is 1.78 bits per heavy atom. The van der Waals surface area contributed by atoms with Crippen LogP contribution in [0.25, 0.3) is 0 Å². The second kappa shape index (κ2) is 4.88. The molecule has 100 valence electrons. The summed E-state index contributed by atoms with van der Waals surface area (Å²) in [5.74, 6) is 1.75. The molecule has 0 aromatic heterocycles. The van der Waals surface area contributed by atoms with Gasteiger partial charge < -0.3 is 4.74 Å². The van der Waals surface area contributed by atoms with Crippen molar-refractivity contribution < 1.29 is 4.74 Å². The first-order chi connectivity index (χ1) is 8.45. The number of ether oxygens (including phenoxy) is 1. The molecule has 0 radical (unpaired) electrons. The van der Waals surface area contributed by atoms with Gasteiger partial charge in [-0.15, -0.1) is 0 Å². The Morgan fingerprint density at radius 1 is 1.17 bits per heavy atom. The fourth-order valence-electron chi connectivity index (χ4n) is 3.25. The Labute approximate surface area is 119 Å². The highest BCUT2D eigenvalue weighted by molar-refractivity contribution is 9.09.